The molecule has 0 saturated carbocycles. The number of aromatic nitrogens is 3. The minimum atomic E-state index is -0.134. The number of quaternary nitrogens is 1. The van der Waals surface area contributed by atoms with Crippen LogP contribution >= 0.6 is 0 Å². The fourth-order valence-electron chi connectivity index (χ4n) is 3.14. The molecule has 1 unspecified atom stereocenters. The number of nitrogens with one attached hydrogen (secondary N) is 1. The Hall–Kier alpha value is -2.80. The van der Waals surface area contributed by atoms with Crippen molar-refractivity contribution in [2.24, 2.45) is 4.99 Å². The van der Waals surface area contributed by atoms with E-state index in [-0.39, 0.29) is 11.3 Å². The first-order valence-corrected chi connectivity index (χ1v) is 7.84. The van der Waals surface area contributed by atoms with Gasteiger partial charge in [-0.3, -0.25) is 9.69 Å². The third kappa shape index (κ3) is 1.94. The van der Waals surface area contributed by atoms with Crippen LogP contribution in [0.5, 0.6) is 0 Å². The third-order valence-corrected chi connectivity index (χ3v) is 4.39. The summed E-state index contributed by atoms with van der Waals surface area (Å²) in [5, 5.41) is 8.27. The lowest BCUT2D eigenvalue weighted by atomic mass is 9.93. The number of carbonyl (C=O) groups is 1. The van der Waals surface area contributed by atoms with Gasteiger partial charge in [0, 0.05) is 18.5 Å². The molecule has 1 N–H and O–H groups in total. The highest BCUT2D eigenvalue weighted by Crippen LogP contribution is 2.28. The SMILES string of the molecule is CN1C(=O)c2ccccc2[NH+]2C=NC(n3nncc3C(C)(C)C)=C12. The molecule has 122 valence electrons. The van der Waals surface area contributed by atoms with Crippen LogP contribution in [0.4, 0.5) is 5.69 Å². The summed E-state index contributed by atoms with van der Waals surface area (Å²) in [6.45, 7) is 6.30. The molecule has 0 fully saturated rings. The molecule has 0 radical (unpaired) electrons. The molecule has 7 nitrogen and oxygen atoms in total. The number of fused-ring (bicyclic) bond motifs is 3. The molecule has 0 aliphatic carbocycles. The number of amides is 1. The van der Waals surface area contributed by atoms with Crippen LogP contribution in [0.2, 0.25) is 0 Å². The van der Waals surface area contributed by atoms with Crippen molar-refractivity contribution in [2.75, 3.05) is 7.05 Å². The van der Waals surface area contributed by atoms with Gasteiger partial charge in [0.05, 0.1) is 11.9 Å². The monoisotopic (exact) mass is 323 g/mol. The lowest BCUT2D eigenvalue weighted by molar-refractivity contribution is -0.685. The number of carbonyl (C=O) groups excluding carboxylic acids is 1. The molecule has 1 aromatic heterocycles. The molecule has 2 aromatic rings. The van der Waals surface area contributed by atoms with Gasteiger partial charge in [-0.15, -0.1) is 5.10 Å². The molecular weight excluding hydrogens is 304 g/mol. The van der Waals surface area contributed by atoms with Crippen LogP contribution in [-0.2, 0) is 5.41 Å². The van der Waals surface area contributed by atoms with E-state index in [0.717, 1.165) is 22.1 Å². The molecule has 1 amide bonds. The van der Waals surface area contributed by atoms with E-state index in [9.17, 15) is 4.79 Å². The Balaban J connectivity index is 1.93. The average molecular weight is 323 g/mol. The molecule has 1 atom stereocenters. The number of hydrogen-bond donors (Lipinski definition) is 1. The summed E-state index contributed by atoms with van der Waals surface area (Å²) in [6.07, 6.45) is 3.56. The minimum absolute atomic E-state index is 0.0372. The highest BCUT2D eigenvalue weighted by Gasteiger charge is 2.42. The van der Waals surface area contributed by atoms with Gasteiger partial charge in [-0.25, -0.2) is 4.90 Å². The van der Waals surface area contributed by atoms with E-state index in [1.165, 1.54) is 0 Å². The summed E-state index contributed by atoms with van der Waals surface area (Å²) < 4.78 is 1.73. The average Bonchev–Trinajstić information content (AvgIpc) is 3.18. The van der Waals surface area contributed by atoms with Crippen molar-refractivity contribution in [1.29, 1.82) is 0 Å². The van der Waals surface area contributed by atoms with Crippen molar-refractivity contribution in [2.45, 2.75) is 26.2 Å². The molecule has 7 heteroatoms. The molecule has 0 spiro atoms. The van der Waals surface area contributed by atoms with Crippen LogP contribution in [-0.4, -0.2) is 39.2 Å². The van der Waals surface area contributed by atoms with Gasteiger partial charge in [0.1, 0.15) is 5.56 Å². The van der Waals surface area contributed by atoms with Crippen molar-refractivity contribution in [3.63, 3.8) is 0 Å². The molecule has 1 aromatic carbocycles. The first kappa shape index (κ1) is 14.8. The zero-order valence-electron chi connectivity index (χ0n) is 14.1. The van der Waals surface area contributed by atoms with E-state index in [1.807, 2.05) is 24.3 Å². The third-order valence-electron chi connectivity index (χ3n) is 4.39. The zero-order chi connectivity index (χ0) is 17.1. The zero-order valence-corrected chi connectivity index (χ0v) is 14.1. The smallest absolute Gasteiger partial charge is 0.268 e. The van der Waals surface area contributed by atoms with Crippen molar-refractivity contribution in [3.8, 4) is 0 Å². The molecule has 0 saturated heterocycles. The second kappa shape index (κ2) is 4.85. The summed E-state index contributed by atoms with van der Waals surface area (Å²) >= 11 is 0. The Morgan fingerprint density at radius 3 is 2.67 bits per heavy atom. The van der Waals surface area contributed by atoms with Gasteiger partial charge in [0.15, 0.2) is 5.69 Å². The van der Waals surface area contributed by atoms with E-state index in [1.54, 1.807) is 29.2 Å². The number of benzene rings is 1. The number of para-hydroxylation sites is 1. The van der Waals surface area contributed by atoms with Gasteiger partial charge < -0.3 is 0 Å². The lowest BCUT2D eigenvalue weighted by Crippen LogP contribution is -3.06. The Morgan fingerprint density at radius 2 is 1.92 bits per heavy atom. The maximum atomic E-state index is 12.7. The summed E-state index contributed by atoms with van der Waals surface area (Å²) in [5.41, 5.74) is 2.42. The van der Waals surface area contributed by atoms with Gasteiger partial charge >= 0.3 is 0 Å². The normalized spacial score (nSPS) is 19.8. The van der Waals surface area contributed by atoms with Crippen molar-refractivity contribution < 1.29 is 9.69 Å². The largest absolute Gasteiger partial charge is 0.268 e. The molecule has 4 rings (SSSR count). The molecular formula is C17H19N6O+. The summed E-state index contributed by atoms with van der Waals surface area (Å²) in [4.78, 5) is 19.9. The first-order chi connectivity index (χ1) is 11.4. The lowest BCUT2D eigenvalue weighted by Gasteiger charge is -2.28. The highest BCUT2D eigenvalue weighted by atomic mass is 16.2. The van der Waals surface area contributed by atoms with Crippen LogP contribution in [0.3, 0.4) is 0 Å². The number of aliphatic imine (C=N–C) groups is 1. The van der Waals surface area contributed by atoms with Gasteiger partial charge in [-0.2, -0.15) is 9.67 Å². The van der Waals surface area contributed by atoms with E-state index >= 15 is 0 Å². The quantitative estimate of drug-likeness (QED) is 0.851. The Kier molecular flexibility index (Phi) is 2.98. The molecule has 2 aliphatic rings. The fourth-order valence-corrected chi connectivity index (χ4v) is 3.14. The second-order valence-corrected chi connectivity index (χ2v) is 7.03. The second-order valence-electron chi connectivity index (χ2n) is 7.03. The van der Waals surface area contributed by atoms with Crippen molar-refractivity contribution >= 4 is 23.8 Å². The number of rotatable bonds is 1. The van der Waals surface area contributed by atoms with Gasteiger partial charge in [0.2, 0.25) is 12.2 Å². The van der Waals surface area contributed by atoms with E-state index < -0.39 is 0 Å². The Bertz CT molecular complexity index is 902. The van der Waals surface area contributed by atoms with Crippen LogP contribution in [0.15, 0.2) is 41.3 Å². The molecule has 3 heterocycles. The maximum absolute atomic E-state index is 12.7. The molecule has 0 bridgehead atoms. The van der Waals surface area contributed by atoms with E-state index in [0.29, 0.717) is 11.4 Å². The summed E-state index contributed by atoms with van der Waals surface area (Å²) in [5.74, 6) is 1.37. The fraction of sp³-hybridized carbons (Fsp3) is 0.294. The van der Waals surface area contributed by atoms with Crippen molar-refractivity contribution in [1.82, 2.24) is 19.9 Å². The highest BCUT2D eigenvalue weighted by molar-refractivity contribution is 6.01. The predicted octanol–water partition coefficient (Wildman–Crippen LogP) is 1.00. The molecule has 24 heavy (non-hydrogen) atoms. The van der Waals surface area contributed by atoms with Gasteiger partial charge in [-0.1, -0.05) is 38.1 Å². The molecule has 2 aliphatic heterocycles. The summed E-state index contributed by atoms with van der Waals surface area (Å²) in [6, 6.07) is 7.61. The van der Waals surface area contributed by atoms with E-state index in [4.69, 9.17) is 0 Å². The first-order valence-electron chi connectivity index (χ1n) is 7.84. The van der Waals surface area contributed by atoms with E-state index in [2.05, 4.69) is 36.1 Å². The number of nitrogens with zero attached hydrogens (tertiary/aromatic N) is 5. The Labute approximate surface area is 139 Å². The topological polar surface area (TPSA) is 67.8 Å². The van der Waals surface area contributed by atoms with Crippen LogP contribution in [0.25, 0.3) is 5.82 Å². The maximum Gasteiger partial charge on any atom is 0.268 e. The summed E-state index contributed by atoms with van der Waals surface area (Å²) in [7, 11) is 1.77. The van der Waals surface area contributed by atoms with Crippen LogP contribution in [0.1, 0.15) is 36.8 Å². The Morgan fingerprint density at radius 1 is 1.17 bits per heavy atom. The van der Waals surface area contributed by atoms with Crippen LogP contribution < -0.4 is 4.90 Å². The predicted molar refractivity (Wildman–Crippen MR) is 89.6 cm³/mol. The minimum Gasteiger partial charge on any atom is -0.268 e. The standard InChI is InChI=1S/C17H18N6O/c1-17(2,3)13-9-19-20-23(13)14-15-21(4)16(24)11-7-5-6-8-12(11)22(15)10-18-14/h5-10H,1-4H3/p+1. The van der Waals surface area contributed by atoms with Gasteiger partial charge in [0.25, 0.3) is 11.7 Å². The van der Waals surface area contributed by atoms with Crippen LogP contribution in [0, 0.1) is 0 Å². The van der Waals surface area contributed by atoms with Gasteiger partial charge in [-0.05, 0) is 6.07 Å². The van der Waals surface area contributed by atoms with Crippen molar-refractivity contribution in [3.05, 3.63) is 47.5 Å². The number of hydrogen-bond acceptors (Lipinski definition) is 4.